The molecule has 0 aromatic carbocycles. The largest absolute Gasteiger partial charge is 0.465 e. The lowest BCUT2D eigenvalue weighted by Gasteiger charge is -2.16. The van der Waals surface area contributed by atoms with Gasteiger partial charge in [0, 0.05) is 23.7 Å². The van der Waals surface area contributed by atoms with Crippen molar-refractivity contribution in [1.29, 1.82) is 0 Å². The van der Waals surface area contributed by atoms with Crippen molar-refractivity contribution in [2.75, 3.05) is 0 Å². The molecular weight excluding hydrogens is 282 g/mol. The maximum Gasteiger partial charge on any atom is 0.404 e. The maximum atomic E-state index is 10.8. The van der Waals surface area contributed by atoms with E-state index in [0.717, 1.165) is 47.2 Å². The molecule has 3 N–H and O–H groups in total. The van der Waals surface area contributed by atoms with Crippen molar-refractivity contribution in [2.24, 2.45) is 0 Å². The molecule has 0 spiro atoms. The minimum atomic E-state index is -0.949. The fourth-order valence-corrected chi connectivity index (χ4v) is 3.65. The van der Waals surface area contributed by atoms with Gasteiger partial charge in [-0.2, -0.15) is 0 Å². The van der Waals surface area contributed by atoms with Gasteiger partial charge < -0.3 is 20.0 Å². The van der Waals surface area contributed by atoms with Gasteiger partial charge in [0.05, 0.1) is 11.7 Å². The highest BCUT2D eigenvalue weighted by Gasteiger charge is 2.29. The third kappa shape index (κ3) is 1.93. The number of aromatic nitrogens is 4. The molecule has 1 aliphatic carbocycles. The minimum Gasteiger partial charge on any atom is -0.465 e. The lowest BCUT2D eigenvalue weighted by Crippen LogP contribution is -2.31. The molecule has 1 saturated carbocycles. The van der Waals surface area contributed by atoms with E-state index in [1.807, 2.05) is 19.2 Å². The van der Waals surface area contributed by atoms with Gasteiger partial charge in [-0.05, 0) is 32.3 Å². The number of aromatic amines is 1. The van der Waals surface area contributed by atoms with Gasteiger partial charge in [0.15, 0.2) is 0 Å². The molecule has 114 valence electrons. The number of rotatable bonds is 2. The summed E-state index contributed by atoms with van der Waals surface area (Å²) >= 11 is 0. The number of carboxylic acid groups (broad SMARTS) is 1. The monoisotopic (exact) mass is 299 g/mol. The van der Waals surface area contributed by atoms with Gasteiger partial charge in [-0.25, -0.2) is 14.8 Å². The van der Waals surface area contributed by atoms with Gasteiger partial charge in [0.2, 0.25) is 0 Å². The molecule has 3 aromatic rings. The van der Waals surface area contributed by atoms with E-state index < -0.39 is 6.09 Å². The molecule has 0 saturated heterocycles. The van der Waals surface area contributed by atoms with E-state index in [0.29, 0.717) is 0 Å². The molecule has 0 bridgehead atoms. The smallest absolute Gasteiger partial charge is 0.404 e. The van der Waals surface area contributed by atoms with E-state index in [2.05, 4.69) is 24.8 Å². The average molecular weight is 299 g/mol. The van der Waals surface area contributed by atoms with Gasteiger partial charge in [0.25, 0.3) is 0 Å². The number of aryl methyl sites for hydroxylation is 1. The molecule has 1 aliphatic rings. The molecule has 3 heterocycles. The summed E-state index contributed by atoms with van der Waals surface area (Å²) in [5, 5.41) is 12.5. The van der Waals surface area contributed by atoms with Crippen LogP contribution in [0.2, 0.25) is 0 Å². The molecule has 2 atom stereocenters. The number of hydrogen-bond acceptors (Lipinski definition) is 3. The van der Waals surface area contributed by atoms with Crippen molar-refractivity contribution >= 4 is 28.2 Å². The predicted octanol–water partition coefficient (Wildman–Crippen LogP) is 2.58. The first-order valence-electron chi connectivity index (χ1n) is 7.43. The first kappa shape index (κ1) is 13.1. The van der Waals surface area contributed by atoms with E-state index in [4.69, 9.17) is 5.11 Å². The summed E-state index contributed by atoms with van der Waals surface area (Å²) in [7, 11) is 0. The number of hydrogen-bond donors (Lipinski definition) is 3. The second-order valence-corrected chi connectivity index (χ2v) is 5.87. The molecular formula is C15H17N5O2. The van der Waals surface area contributed by atoms with E-state index in [1.165, 1.54) is 0 Å². The molecule has 0 unspecified atom stereocenters. The van der Waals surface area contributed by atoms with Crippen molar-refractivity contribution < 1.29 is 9.90 Å². The number of carbonyl (C=O) groups is 1. The topological polar surface area (TPSA) is 95.8 Å². The Morgan fingerprint density at radius 1 is 1.50 bits per heavy atom. The Morgan fingerprint density at radius 3 is 3.18 bits per heavy atom. The number of imidazole rings is 1. The molecule has 0 radical (unpaired) electrons. The summed E-state index contributed by atoms with van der Waals surface area (Å²) in [6.07, 6.45) is 5.33. The van der Waals surface area contributed by atoms with Gasteiger partial charge in [-0.3, -0.25) is 0 Å². The van der Waals surface area contributed by atoms with Crippen LogP contribution < -0.4 is 5.32 Å². The Morgan fingerprint density at radius 2 is 2.36 bits per heavy atom. The number of H-pyrrole nitrogens is 1. The third-order valence-electron chi connectivity index (χ3n) is 4.51. The molecule has 3 aromatic heterocycles. The van der Waals surface area contributed by atoms with E-state index in [1.54, 1.807) is 6.20 Å². The van der Waals surface area contributed by atoms with Gasteiger partial charge in [-0.1, -0.05) is 0 Å². The van der Waals surface area contributed by atoms with E-state index in [9.17, 15) is 4.79 Å². The van der Waals surface area contributed by atoms with Crippen LogP contribution in [0.4, 0.5) is 4.79 Å². The van der Waals surface area contributed by atoms with E-state index >= 15 is 0 Å². The van der Waals surface area contributed by atoms with Gasteiger partial charge >= 0.3 is 6.09 Å². The summed E-state index contributed by atoms with van der Waals surface area (Å²) in [5.74, 6) is 0.950. The minimum absolute atomic E-state index is 0.0166. The van der Waals surface area contributed by atoms with Crippen molar-refractivity contribution in [3.05, 3.63) is 24.3 Å². The Kier molecular flexibility index (Phi) is 2.82. The number of fused-ring (bicyclic) bond motifs is 3. The number of nitrogens with one attached hydrogen (secondary N) is 2. The summed E-state index contributed by atoms with van der Waals surface area (Å²) < 4.78 is 2.25. The van der Waals surface area contributed by atoms with Crippen LogP contribution in [0.15, 0.2) is 18.5 Å². The van der Waals surface area contributed by atoms with Crippen LogP contribution in [0.1, 0.15) is 31.1 Å². The van der Waals surface area contributed by atoms with Crippen molar-refractivity contribution in [1.82, 2.24) is 24.8 Å². The molecule has 4 rings (SSSR count). The Labute approximate surface area is 126 Å². The van der Waals surface area contributed by atoms with Crippen LogP contribution in [0.3, 0.4) is 0 Å². The van der Waals surface area contributed by atoms with Crippen molar-refractivity contribution in [3.63, 3.8) is 0 Å². The summed E-state index contributed by atoms with van der Waals surface area (Å²) in [4.78, 5) is 23.0. The molecule has 0 aliphatic heterocycles. The van der Waals surface area contributed by atoms with E-state index in [-0.39, 0.29) is 12.1 Å². The second kappa shape index (κ2) is 4.72. The predicted molar refractivity (Wildman–Crippen MR) is 82.0 cm³/mol. The fourth-order valence-electron chi connectivity index (χ4n) is 3.65. The van der Waals surface area contributed by atoms with Gasteiger partial charge in [0.1, 0.15) is 17.0 Å². The SMILES string of the molecule is Cc1nc2cnc3[nH]ccc3c2n1[C@H]1CC[C@H](NC(=O)O)C1. The number of amides is 1. The molecule has 7 nitrogen and oxygen atoms in total. The Bertz CT molecular complexity index is 865. The Hall–Kier alpha value is -2.57. The van der Waals surface area contributed by atoms with Crippen LogP contribution in [-0.2, 0) is 0 Å². The van der Waals surface area contributed by atoms with Gasteiger partial charge in [-0.15, -0.1) is 0 Å². The molecule has 1 amide bonds. The average Bonchev–Trinajstić information content (AvgIpc) is 3.14. The Balaban J connectivity index is 1.80. The zero-order valence-corrected chi connectivity index (χ0v) is 12.2. The third-order valence-corrected chi connectivity index (χ3v) is 4.51. The van der Waals surface area contributed by atoms with Crippen molar-refractivity contribution in [2.45, 2.75) is 38.3 Å². The highest BCUT2D eigenvalue weighted by molar-refractivity contribution is 6.01. The zero-order valence-electron chi connectivity index (χ0n) is 12.2. The molecule has 22 heavy (non-hydrogen) atoms. The van der Waals surface area contributed by atoms with Crippen LogP contribution in [0.25, 0.3) is 22.1 Å². The normalized spacial score (nSPS) is 21.7. The fraction of sp³-hybridized carbons (Fsp3) is 0.400. The first-order chi connectivity index (χ1) is 10.6. The van der Waals surface area contributed by atoms with Crippen LogP contribution in [0.5, 0.6) is 0 Å². The highest BCUT2D eigenvalue weighted by atomic mass is 16.4. The molecule has 7 heteroatoms. The highest BCUT2D eigenvalue weighted by Crippen LogP contribution is 2.35. The molecule has 1 fully saturated rings. The standard InChI is InChI=1S/C15H17N5O2/c1-8-18-12-7-17-14-11(4-5-16-14)13(12)20(8)10-3-2-9(6-10)19-15(21)22/h4-5,7,9-10,19H,2-3,6H2,1H3,(H,16,17)(H,21,22)/t9-,10-/m0/s1. The lowest BCUT2D eigenvalue weighted by molar-refractivity contribution is 0.190. The first-order valence-corrected chi connectivity index (χ1v) is 7.43. The number of nitrogens with zero attached hydrogens (tertiary/aromatic N) is 3. The second-order valence-electron chi connectivity index (χ2n) is 5.87. The number of pyridine rings is 1. The van der Waals surface area contributed by atoms with Crippen LogP contribution in [0, 0.1) is 6.92 Å². The van der Waals surface area contributed by atoms with Crippen LogP contribution >= 0.6 is 0 Å². The van der Waals surface area contributed by atoms with Crippen LogP contribution in [-0.4, -0.2) is 36.8 Å². The summed E-state index contributed by atoms with van der Waals surface area (Å²) in [5.41, 5.74) is 2.83. The summed E-state index contributed by atoms with van der Waals surface area (Å²) in [6.45, 7) is 2.00. The lowest BCUT2D eigenvalue weighted by atomic mass is 10.2. The van der Waals surface area contributed by atoms with Crippen molar-refractivity contribution in [3.8, 4) is 0 Å². The zero-order chi connectivity index (χ0) is 15.3. The maximum absolute atomic E-state index is 10.8. The quantitative estimate of drug-likeness (QED) is 0.677. The summed E-state index contributed by atoms with van der Waals surface area (Å²) in [6, 6.07) is 2.30.